The molecule has 0 rings (SSSR count). The molecule has 0 aliphatic carbocycles. The van der Waals surface area contributed by atoms with Crippen LogP contribution in [0.3, 0.4) is 0 Å². The number of hydrogen-bond acceptors (Lipinski definition) is 2. The van der Waals surface area contributed by atoms with E-state index in [1.165, 1.54) is 0 Å². The lowest BCUT2D eigenvalue weighted by Crippen LogP contribution is -2.29. The van der Waals surface area contributed by atoms with Crippen molar-refractivity contribution in [3.63, 3.8) is 0 Å². The molecule has 0 saturated heterocycles. The van der Waals surface area contributed by atoms with E-state index < -0.39 is 0 Å². The summed E-state index contributed by atoms with van der Waals surface area (Å²) in [4.78, 5) is 11.1. The molecule has 0 atom stereocenters. The smallest absolute Gasteiger partial charge is 0.246 e. The first-order chi connectivity index (χ1) is 6.16. The van der Waals surface area contributed by atoms with Gasteiger partial charge in [-0.05, 0) is 27.2 Å². The van der Waals surface area contributed by atoms with Crippen molar-refractivity contribution < 1.29 is 9.53 Å². The van der Waals surface area contributed by atoms with Gasteiger partial charge in [0.1, 0.15) is 6.61 Å². The average molecular weight is 185 g/mol. The zero-order chi connectivity index (χ0) is 10.1. The zero-order valence-electron chi connectivity index (χ0n) is 8.67. The van der Waals surface area contributed by atoms with E-state index in [1.807, 2.05) is 32.9 Å². The lowest BCUT2D eigenvalue weighted by molar-refractivity contribution is -0.127. The van der Waals surface area contributed by atoms with Crippen molar-refractivity contribution in [2.24, 2.45) is 0 Å². The second kappa shape index (κ2) is 7.80. The standard InChI is InChI=1S/C10H19NO2/c1-4-5-6-7-11-10(12)8-13-9(2)3/h4-5,9H,6-8H2,1-3H3,(H,11,12)/b5-4+. The fourth-order valence-electron chi connectivity index (χ4n) is 0.755. The summed E-state index contributed by atoms with van der Waals surface area (Å²) in [7, 11) is 0. The Bertz CT molecular complexity index is 164. The first kappa shape index (κ1) is 12.2. The van der Waals surface area contributed by atoms with Gasteiger partial charge < -0.3 is 10.1 Å². The first-order valence-electron chi connectivity index (χ1n) is 4.66. The van der Waals surface area contributed by atoms with Crippen LogP contribution in [0, 0.1) is 0 Å². The Hall–Kier alpha value is -0.830. The summed E-state index contributed by atoms with van der Waals surface area (Å²) in [6, 6.07) is 0. The van der Waals surface area contributed by atoms with Crippen molar-refractivity contribution in [1.82, 2.24) is 5.32 Å². The summed E-state index contributed by atoms with van der Waals surface area (Å²) >= 11 is 0. The molecule has 3 nitrogen and oxygen atoms in total. The van der Waals surface area contributed by atoms with Gasteiger partial charge in [-0.1, -0.05) is 12.2 Å². The molecule has 0 spiro atoms. The number of rotatable bonds is 6. The van der Waals surface area contributed by atoms with E-state index in [9.17, 15) is 4.79 Å². The number of nitrogens with one attached hydrogen (secondary N) is 1. The van der Waals surface area contributed by atoms with Gasteiger partial charge in [0.25, 0.3) is 0 Å². The summed E-state index contributed by atoms with van der Waals surface area (Å²) in [6.07, 6.45) is 4.98. The second-order valence-electron chi connectivity index (χ2n) is 3.07. The third kappa shape index (κ3) is 9.08. The Morgan fingerprint density at radius 3 is 2.77 bits per heavy atom. The molecule has 13 heavy (non-hydrogen) atoms. The summed E-state index contributed by atoms with van der Waals surface area (Å²) in [6.45, 7) is 6.63. The average Bonchev–Trinajstić information content (AvgIpc) is 2.09. The minimum atomic E-state index is -0.0433. The van der Waals surface area contributed by atoms with Crippen LogP contribution in [0.25, 0.3) is 0 Å². The van der Waals surface area contributed by atoms with E-state index in [4.69, 9.17) is 4.74 Å². The Labute approximate surface area is 80.2 Å². The number of ether oxygens (including phenoxy) is 1. The molecule has 1 N–H and O–H groups in total. The quantitative estimate of drug-likeness (QED) is 0.503. The van der Waals surface area contributed by atoms with Crippen LogP contribution in [-0.2, 0) is 9.53 Å². The number of amides is 1. The Morgan fingerprint density at radius 1 is 1.54 bits per heavy atom. The molecule has 0 aromatic carbocycles. The highest BCUT2D eigenvalue weighted by molar-refractivity contribution is 5.77. The monoisotopic (exact) mass is 185 g/mol. The first-order valence-corrected chi connectivity index (χ1v) is 4.66. The predicted molar refractivity (Wildman–Crippen MR) is 53.5 cm³/mol. The zero-order valence-corrected chi connectivity index (χ0v) is 8.67. The molecule has 0 fully saturated rings. The molecule has 0 bridgehead atoms. The molecule has 3 heteroatoms. The molecule has 1 amide bonds. The van der Waals surface area contributed by atoms with E-state index in [0.29, 0.717) is 6.54 Å². The Morgan fingerprint density at radius 2 is 2.23 bits per heavy atom. The fourth-order valence-corrected chi connectivity index (χ4v) is 0.755. The summed E-state index contributed by atoms with van der Waals surface area (Å²) in [5.74, 6) is -0.0433. The minimum Gasteiger partial charge on any atom is -0.369 e. The molecule has 0 aromatic rings. The van der Waals surface area contributed by atoms with E-state index in [0.717, 1.165) is 6.42 Å². The van der Waals surface area contributed by atoms with E-state index in [-0.39, 0.29) is 18.6 Å². The van der Waals surface area contributed by atoms with Gasteiger partial charge in [-0.25, -0.2) is 0 Å². The van der Waals surface area contributed by atoms with Crippen LogP contribution in [0.5, 0.6) is 0 Å². The molecule has 0 saturated carbocycles. The van der Waals surface area contributed by atoms with Crippen LogP contribution in [0.1, 0.15) is 27.2 Å². The van der Waals surface area contributed by atoms with Crippen LogP contribution >= 0.6 is 0 Å². The summed E-state index contributed by atoms with van der Waals surface area (Å²) < 4.78 is 5.13. The van der Waals surface area contributed by atoms with Crippen LogP contribution in [0.2, 0.25) is 0 Å². The van der Waals surface area contributed by atoms with Crippen molar-refractivity contribution in [2.75, 3.05) is 13.2 Å². The Balaban J connectivity index is 3.30. The normalized spacial score (nSPS) is 11.1. The fraction of sp³-hybridized carbons (Fsp3) is 0.700. The number of allylic oxidation sites excluding steroid dienone is 1. The van der Waals surface area contributed by atoms with Crippen LogP contribution < -0.4 is 5.32 Å². The van der Waals surface area contributed by atoms with Gasteiger partial charge in [0, 0.05) is 6.54 Å². The lowest BCUT2D eigenvalue weighted by Gasteiger charge is -2.07. The number of carbonyl (C=O) groups excluding carboxylic acids is 1. The maximum Gasteiger partial charge on any atom is 0.246 e. The maximum absolute atomic E-state index is 11.1. The number of carbonyl (C=O) groups is 1. The molecule has 0 heterocycles. The van der Waals surface area contributed by atoms with Crippen molar-refractivity contribution in [2.45, 2.75) is 33.3 Å². The van der Waals surface area contributed by atoms with E-state index in [1.54, 1.807) is 0 Å². The van der Waals surface area contributed by atoms with E-state index >= 15 is 0 Å². The molecule has 0 unspecified atom stereocenters. The maximum atomic E-state index is 11.1. The summed E-state index contributed by atoms with van der Waals surface area (Å²) in [5.41, 5.74) is 0. The second-order valence-corrected chi connectivity index (χ2v) is 3.07. The molecule has 0 aliphatic heterocycles. The highest BCUT2D eigenvalue weighted by Gasteiger charge is 2.00. The molecule has 0 radical (unpaired) electrons. The van der Waals surface area contributed by atoms with Gasteiger partial charge in [-0.2, -0.15) is 0 Å². The highest BCUT2D eigenvalue weighted by Crippen LogP contribution is 1.86. The van der Waals surface area contributed by atoms with Crippen molar-refractivity contribution in [3.8, 4) is 0 Å². The number of hydrogen-bond donors (Lipinski definition) is 1. The SMILES string of the molecule is C/C=C/CCNC(=O)COC(C)C. The van der Waals surface area contributed by atoms with Gasteiger partial charge in [0.05, 0.1) is 6.10 Å². The van der Waals surface area contributed by atoms with Crippen LogP contribution in [0.15, 0.2) is 12.2 Å². The molecule has 0 aromatic heterocycles. The Kier molecular flexibility index (Phi) is 7.30. The molecular weight excluding hydrogens is 166 g/mol. The highest BCUT2D eigenvalue weighted by atomic mass is 16.5. The lowest BCUT2D eigenvalue weighted by atomic mass is 10.4. The molecular formula is C10H19NO2. The van der Waals surface area contributed by atoms with Gasteiger partial charge in [-0.3, -0.25) is 4.79 Å². The van der Waals surface area contributed by atoms with Crippen LogP contribution in [0.4, 0.5) is 0 Å². The largest absolute Gasteiger partial charge is 0.369 e. The minimum absolute atomic E-state index is 0.0433. The van der Waals surface area contributed by atoms with Crippen molar-refractivity contribution in [3.05, 3.63) is 12.2 Å². The third-order valence-corrected chi connectivity index (χ3v) is 1.42. The van der Waals surface area contributed by atoms with E-state index in [2.05, 4.69) is 5.32 Å². The van der Waals surface area contributed by atoms with Gasteiger partial charge in [-0.15, -0.1) is 0 Å². The van der Waals surface area contributed by atoms with Crippen LogP contribution in [-0.4, -0.2) is 25.2 Å². The summed E-state index contributed by atoms with van der Waals surface area (Å²) in [5, 5.41) is 2.76. The van der Waals surface area contributed by atoms with Gasteiger partial charge >= 0.3 is 0 Å². The topological polar surface area (TPSA) is 38.3 Å². The molecule has 0 aliphatic rings. The van der Waals surface area contributed by atoms with Gasteiger partial charge in [0.15, 0.2) is 0 Å². The predicted octanol–water partition coefficient (Wildman–Crippen LogP) is 1.49. The van der Waals surface area contributed by atoms with Crippen molar-refractivity contribution in [1.29, 1.82) is 0 Å². The van der Waals surface area contributed by atoms with Crippen molar-refractivity contribution >= 4 is 5.91 Å². The van der Waals surface area contributed by atoms with Gasteiger partial charge in [0.2, 0.25) is 5.91 Å². The third-order valence-electron chi connectivity index (χ3n) is 1.42. The molecule has 76 valence electrons.